The van der Waals surface area contributed by atoms with E-state index in [0.717, 1.165) is 38.5 Å². The predicted octanol–water partition coefficient (Wildman–Crippen LogP) is 5.48. The van der Waals surface area contributed by atoms with Crippen LogP contribution >= 0.6 is 11.8 Å². The van der Waals surface area contributed by atoms with Crippen LogP contribution in [-0.4, -0.2) is 26.9 Å². The maximum absolute atomic E-state index is 11.6. The minimum Gasteiger partial charge on any atom is -0.488 e. The summed E-state index contributed by atoms with van der Waals surface area (Å²) < 4.78 is 8.22. The third-order valence-corrected chi connectivity index (χ3v) is 6.16. The Labute approximate surface area is 184 Å². The average molecular weight is 429 g/mol. The third-order valence-electron chi connectivity index (χ3n) is 5.49. The van der Waals surface area contributed by atoms with Crippen molar-refractivity contribution >= 4 is 34.3 Å². The van der Waals surface area contributed by atoms with Crippen LogP contribution in [0.1, 0.15) is 27.0 Å². The Morgan fingerprint density at radius 2 is 1.94 bits per heavy atom. The number of allylic oxidation sites excluding steroid dienone is 1. The summed E-state index contributed by atoms with van der Waals surface area (Å²) >= 11 is 1.61. The van der Waals surface area contributed by atoms with Crippen LogP contribution in [0.2, 0.25) is 0 Å². The van der Waals surface area contributed by atoms with E-state index < -0.39 is 5.97 Å². The number of ether oxygens (including phenoxy) is 1. The lowest BCUT2D eigenvalue weighted by molar-refractivity contribution is 0.0697. The number of carbonyl (C=O) groups is 1. The highest BCUT2D eigenvalue weighted by molar-refractivity contribution is 7.98. The summed E-state index contributed by atoms with van der Waals surface area (Å²) in [6.07, 6.45) is 4.17. The lowest BCUT2D eigenvalue weighted by atomic mass is 9.93. The first-order valence-corrected chi connectivity index (χ1v) is 11.2. The number of aromatic carboxylic acids is 1. The summed E-state index contributed by atoms with van der Waals surface area (Å²) in [7, 11) is 0. The van der Waals surface area contributed by atoms with E-state index in [1.807, 2.05) is 42.7 Å². The van der Waals surface area contributed by atoms with Gasteiger partial charge in [0, 0.05) is 12.1 Å². The Morgan fingerprint density at radius 1 is 1.13 bits per heavy atom. The Balaban J connectivity index is 1.69. The maximum atomic E-state index is 11.6. The third kappa shape index (κ3) is 3.49. The Hall–Kier alpha value is -3.51. The number of aromatic nitrogens is 2. The van der Waals surface area contributed by atoms with Crippen LogP contribution in [-0.2, 0) is 13.2 Å². The molecule has 154 valence electrons. The number of para-hydroxylation sites is 2. The largest absolute Gasteiger partial charge is 0.488 e. The zero-order valence-corrected chi connectivity index (χ0v) is 17.7. The molecule has 0 radical (unpaired) electrons. The lowest BCUT2D eigenvalue weighted by Crippen LogP contribution is -2.01. The van der Waals surface area contributed by atoms with E-state index in [1.54, 1.807) is 30.0 Å². The molecule has 4 aromatic rings. The second-order valence-electron chi connectivity index (χ2n) is 7.28. The number of imidazole rings is 1. The molecule has 5 nitrogen and oxygen atoms in total. The van der Waals surface area contributed by atoms with Crippen LogP contribution in [0.4, 0.5) is 0 Å². The van der Waals surface area contributed by atoms with E-state index in [-0.39, 0.29) is 5.56 Å². The molecule has 1 aliphatic rings. The number of hydrogen-bond donors (Lipinski definition) is 1. The van der Waals surface area contributed by atoms with Crippen molar-refractivity contribution in [1.82, 2.24) is 9.55 Å². The first-order chi connectivity index (χ1) is 15.2. The zero-order chi connectivity index (χ0) is 21.4. The molecular weight excluding hydrogens is 408 g/mol. The first-order valence-electron chi connectivity index (χ1n) is 9.94. The fourth-order valence-corrected chi connectivity index (χ4v) is 4.58. The molecule has 0 aliphatic carbocycles. The molecule has 1 aromatic heterocycles. The van der Waals surface area contributed by atoms with Crippen LogP contribution < -0.4 is 4.74 Å². The van der Waals surface area contributed by atoms with Crippen LogP contribution in [0.3, 0.4) is 0 Å². The molecule has 1 aliphatic heterocycles. The number of benzene rings is 3. The van der Waals surface area contributed by atoms with Crippen molar-refractivity contribution in [3.05, 3.63) is 95.1 Å². The van der Waals surface area contributed by atoms with E-state index in [1.165, 1.54) is 0 Å². The first kappa shape index (κ1) is 19.5. The van der Waals surface area contributed by atoms with E-state index in [9.17, 15) is 9.90 Å². The lowest BCUT2D eigenvalue weighted by Gasteiger charge is -2.13. The minimum absolute atomic E-state index is 0.241. The monoisotopic (exact) mass is 428 g/mol. The number of nitrogens with zero attached hydrogens (tertiary/aromatic N) is 2. The molecule has 0 atom stereocenters. The van der Waals surface area contributed by atoms with Crippen LogP contribution in [0.25, 0.3) is 16.6 Å². The van der Waals surface area contributed by atoms with Gasteiger partial charge in [0.1, 0.15) is 12.4 Å². The van der Waals surface area contributed by atoms with E-state index in [2.05, 4.69) is 22.8 Å². The van der Waals surface area contributed by atoms with Gasteiger partial charge in [-0.3, -0.25) is 0 Å². The highest BCUT2D eigenvalue weighted by Gasteiger charge is 2.21. The van der Waals surface area contributed by atoms with E-state index >= 15 is 0 Å². The normalized spacial score (nSPS) is 14.0. The van der Waals surface area contributed by atoms with Crippen molar-refractivity contribution in [1.29, 1.82) is 0 Å². The molecule has 5 rings (SSSR count). The fraction of sp³-hybridized carbons (Fsp3) is 0.120. The quantitative estimate of drug-likeness (QED) is 0.436. The topological polar surface area (TPSA) is 64.4 Å². The van der Waals surface area contributed by atoms with Gasteiger partial charge in [-0.1, -0.05) is 54.2 Å². The molecule has 0 spiro atoms. The second kappa shape index (κ2) is 7.96. The molecule has 0 amide bonds. The molecule has 2 heterocycles. The summed E-state index contributed by atoms with van der Waals surface area (Å²) in [6, 6.07) is 21.2. The fourth-order valence-electron chi connectivity index (χ4n) is 4.00. The Morgan fingerprint density at radius 3 is 2.77 bits per heavy atom. The zero-order valence-electron chi connectivity index (χ0n) is 16.9. The average Bonchev–Trinajstić information content (AvgIpc) is 3.08. The van der Waals surface area contributed by atoms with Gasteiger partial charge in [-0.25, -0.2) is 9.78 Å². The van der Waals surface area contributed by atoms with Crippen LogP contribution in [0.15, 0.2) is 78.0 Å². The number of rotatable bonds is 4. The van der Waals surface area contributed by atoms with Crippen molar-refractivity contribution in [2.24, 2.45) is 0 Å². The highest BCUT2D eigenvalue weighted by Crippen LogP contribution is 2.37. The molecule has 3 aromatic carbocycles. The Kier molecular flexibility index (Phi) is 5.00. The van der Waals surface area contributed by atoms with Gasteiger partial charge in [0.05, 0.1) is 16.6 Å². The summed E-state index contributed by atoms with van der Waals surface area (Å²) in [5.74, 6) is -0.266. The molecule has 31 heavy (non-hydrogen) atoms. The Bertz CT molecular complexity index is 1340. The number of fused-ring (bicyclic) bond motifs is 3. The molecule has 1 N–H and O–H groups in total. The van der Waals surface area contributed by atoms with Crippen molar-refractivity contribution in [3.63, 3.8) is 0 Å². The molecular formula is C25H20N2O3S. The predicted molar refractivity (Wildman–Crippen MR) is 123 cm³/mol. The molecule has 6 heteroatoms. The van der Waals surface area contributed by atoms with Gasteiger partial charge in [-0.15, -0.1) is 0 Å². The summed E-state index contributed by atoms with van der Waals surface area (Å²) in [5, 5.41) is 10.5. The summed E-state index contributed by atoms with van der Waals surface area (Å²) in [5.41, 5.74) is 6.16. The van der Waals surface area contributed by atoms with Crippen molar-refractivity contribution in [3.8, 4) is 5.75 Å². The molecule has 0 unspecified atom stereocenters. The van der Waals surface area contributed by atoms with Crippen molar-refractivity contribution < 1.29 is 14.6 Å². The van der Waals surface area contributed by atoms with E-state index in [0.29, 0.717) is 18.9 Å². The maximum Gasteiger partial charge on any atom is 0.335 e. The summed E-state index contributed by atoms with van der Waals surface area (Å²) in [4.78, 5) is 16.4. The summed E-state index contributed by atoms with van der Waals surface area (Å²) in [6.45, 7) is 1.05. The molecule has 0 saturated carbocycles. The molecule has 0 saturated heterocycles. The smallest absolute Gasteiger partial charge is 0.335 e. The second-order valence-corrected chi connectivity index (χ2v) is 8.05. The van der Waals surface area contributed by atoms with Crippen LogP contribution in [0, 0.1) is 0 Å². The standard InChI is InChI=1S/C25H20N2O3S/c1-31-25-26-21-8-4-5-9-22(21)27(25)13-12-19-18-7-3-2-6-17(18)15-30-23-11-10-16(24(28)29)14-20(19)23/h2-12,14H,13,15H2,1H3,(H,28,29)/b19-12+. The van der Waals surface area contributed by atoms with Gasteiger partial charge >= 0.3 is 5.97 Å². The highest BCUT2D eigenvalue weighted by atomic mass is 32.2. The van der Waals surface area contributed by atoms with Crippen molar-refractivity contribution in [2.75, 3.05) is 6.26 Å². The number of carboxylic acid groups (broad SMARTS) is 1. The van der Waals surface area contributed by atoms with Gasteiger partial charge in [0.15, 0.2) is 5.16 Å². The minimum atomic E-state index is -0.954. The van der Waals surface area contributed by atoms with Crippen LogP contribution in [0.5, 0.6) is 5.75 Å². The van der Waals surface area contributed by atoms with Gasteiger partial charge in [0.2, 0.25) is 0 Å². The molecule has 0 fully saturated rings. The molecule has 0 bridgehead atoms. The number of carboxylic acids is 1. The van der Waals surface area contributed by atoms with Gasteiger partial charge in [-0.05, 0) is 53.3 Å². The number of thioether (sulfide) groups is 1. The van der Waals surface area contributed by atoms with Gasteiger partial charge < -0.3 is 14.4 Å². The number of hydrogen-bond acceptors (Lipinski definition) is 4. The van der Waals surface area contributed by atoms with Crippen molar-refractivity contribution in [2.45, 2.75) is 18.3 Å². The van der Waals surface area contributed by atoms with Gasteiger partial charge in [-0.2, -0.15) is 0 Å². The van der Waals surface area contributed by atoms with Gasteiger partial charge in [0.25, 0.3) is 0 Å². The van der Waals surface area contributed by atoms with E-state index in [4.69, 9.17) is 9.72 Å². The SMILES string of the molecule is CSc1nc2ccccc2n1C/C=C1\c2ccccc2COc2ccc(C(=O)O)cc21.